The Labute approximate surface area is 122 Å². The van der Waals surface area contributed by atoms with Gasteiger partial charge in [-0.15, -0.1) is 11.3 Å². The first-order chi connectivity index (χ1) is 9.19. The number of thiazole rings is 1. The molecule has 0 saturated carbocycles. The van der Waals surface area contributed by atoms with E-state index in [1.807, 2.05) is 18.2 Å². The van der Waals surface area contributed by atoms with E-state index in [0.717, 1.165) is 22.0 Å². The molecule has 0 aliphatic carbocycles. The number of aromatic nitrogens is 1. The van der Waals surface area contributed by atoms with Crippen molar-refractivity contribution in [2.45, 2.75) is 36.7 Å². The van der Waals surface area contributed by atoms with Gasteiger partial charge in [0.05, 0.1) is 22.3 Å². The standard InChI is InChI=1S/C14H17N3S2/c1-10(2)16-11(9-15)7-8-18-14-17-12-5-3-4-6-13(12)19-14/h3-6,10-11,16H,7-8H2,1-2H3. The second kappa shape index (κ2) is 6.90. The minimum Gasteiger partial charge on any atom is -0.300 e. The van der Waals surface area contributed by atoms with Crippen LogP contribution in [0.4, 0.5) is 0 Å². The molecule has 100 valence electrons. The van der Waals surface area contributed by atoms with Crippen LogP contribution in [0.5, 0.6) is 0 Å². The van der Waals surface area contributed by atoms with Crippen LogP contribution in [0.3, 0.4) is 0 Å². The molecule has 0 aliphatic rings. The van der Waals surface area contributed by atoms with Crippen LogP contribution in [0.2, 0.25) is 0 Å². The van der Waals surface area contributed by atoms with Crippen LogP contribution in [0.15, 0.2) is 28.6 Å². The van der Waals surface area contributed by atoms with Gasteiger partial charge in [0.1, 0.15) is 0 Å². The minimum absolute atomic E-state index is 0.0677. The van der Waals surface area contributed by atoms with E-state index < -0.39 is 0 Å². The highest BCUT2D eigenvalue weighted by Gasteiger charge is 2.09. The maximum atomic E-state index is 9.05. The fourth-order valence-electron chi connectivity index (χ4n) is 1.76. The molecule has 1 N–H and O–H groups in total. The molecule has 1 aromatic carbocycles. The molecule has 1 atom stereocenters. The predicted molar refractivity (Wildman–Crippen MR) is 82.6 cm³/mol. The summed E-state index contributed by atoms with van der Waals surface area (Å²) in [6.45, 7) is 4.12. The number of fused-ring (bicyclic) bond motifs is 1. The van der Waals surface area contributed by atoms with Gasteiger partial charge in [-0.25, -0.2) is 4.98 Å². The number of hydrogen-bond acceptors (Lipinski definition) is 5. The molecule has 0 spiro atoms. The van der Waals surface area contributed by atoms with Gasteiger partial charge < -0.3 is 0 Å². The number of nitrogens with zero attached hydrogens (tertiary/aromatic N) is 2. The Bertz CT molecular complexity index is 538. The molecule has 0 saturated heterocycles. The quantitative estimate of drug-likeness (QED) is 0.825. The summed E-state index contributed by atoms with van der Waals surface area (Å²) in [5, 5.41) is 12.3. The van der Waals surface area contributed by atoms with Crippen LogP contribution in [0.25, 0.3) is 10.2 Å². The Hall–Kier alpha value is -1.09. The molecule has 3 nitrogen and oxygen atoms in total. The third-order valence-electron chi connectivity index (χ3n) is 2.60. The van der Waals surface area contributed by atoms with Crippen LogP contribution < -0.4 is 5.32 Å². The highest BCUT2D eigenvalue weighted by atomic mass is 32.2. The van der Waals surface area contributed by atoms with Crippen LogP contribution in [-0.2, 0) is 0 Å². The van der Waals surface area contributed by atoms with E-state index in [0.29, 0.717) is 6.04 Å². The summed E-state index contributed by atoms with van der Waals surface area (Å²) < 4.78 is 2.31. The first-order valence-electron chi connectivity index (χ1n) is 6.33. The topological polar surface area (TPSA) is 48.7 Å². The molecule has 0 radical (unpaired) electrons. The van der Waals surface area contributed by atoms with Crippen molar-refractivity contribution in [3.05, 3.63) is 24.3 Å². The summed E-state index contributed by atoms with van der Waals surface area (Å²) >= 11 is 3.45. The highest BCUT2D eigenvalue weighted by molar-refractivity contribution is 8.01. The summed E-state index contributed by atoms with van der Waals surface area (Å²) in [7, 11) is 0. The molecule has 5 heteroatoms. The van der Waals surface area contributed by atoms with Gasteiger partial charge in [0.2, 0.25) is 0 Å². The van der Waals surface area contributed by atoms with Gasteiger partial charge in [-0.3, -0.25) is 5.32 Å². The second-order valence-corrected chi connectivity index (χ2v) is 6.96. The van der Waals surface area contributed by atoms with Crippen molar-refractivity contribution in [3.63, 3.8) is 0 Å². The smallest absolute Gasteiger partial charge is 0.151 e. The van der Waals surface area contributed by atoms with Crippen LogP contribution in [0, 0.1) is 11.3 Å². The molecule has 0 bridgehead atoms. The maximum absolute atomic E-state index is 9.05. The molecule has 1 aromatic heterocycles. The summed E-state index contributed by atoms with van der Waals surface area (Å²) in [5.41, 5.74) is 1.06. The van der Waals surface area contributed by atoms with Crippen molar-refractivity contribution in [1.29, 1.82) is 5.26 Å². The fraction of sp³-hybridized carbons (Fsp3) is 0.429. The van der Waals surface area contributed by atoms with Crippen molar-refractivity contribution in [1.82, 2.24) is 10.3 Å². The maximum Gasteiger partial charge on any atom is 0.151 e. The zero-order valence-corrected chi connectivity index (χ0v) is 12.7. The average Bonchev–Trinajstić information content (AvgIpc) is 2.79. The largest absolute Gasteiger partial charge is 0.300 e. The first-order valence-corrected chi connectivity index (χ1v) is 8.13. The van der Waals surface area contributed by atoms with Crippen molar-refractivity contribution >= 4 is 33.3 Å². The summed E-state index contributed by atoms with van der Waals surface area (Å²) in [5.74, 6) is 0.914. The number of hydrogen-bond donors (Lipinski definition) is 1. The molecule has 0 amide bonds. The van der Waals surface area contributed by atoms with Gasteiger partial charge in [-0.1, -0.05) is 23.9 Å². The van der Waals surface area contributed by atoms with E-state index in [1.165, 1.54) is 4.70 Å². The van der Waals surface area contributed by atoms with Gasteiger partial charge in [0, 0.05) is 11.8 Å². The van der Waals surface area contributed by atoms with Gasteiger partial charge in [-0.05, 0) is 32.4 Å². The molecule has 1 heterocycles. The van der Waals surface area contributed by atoms with Crippen molar-refractivity contribution in [2.24, 2.45) is 0 Å². The number of benzene rings is 1. The molecule has 0 aliphatic heterocycles. The van der Waals surface area contributed by atoms with E-state index in [9.17, 15) is 0 Å². The second-order valence-electron chi connectivity index (χ2n) is 4.59. The number of para-hydroxylation sites is 1. The molecular formula is C14H17N3S2. The van der Waals surface area contributed by atoms with E-state index in [-0.39, 0.29) is 6.04 Å². The lowest BCUT2D eigenvalue weighted by Crippen LogP contribution is -2.33. The molecule has 1 unspecified atom stereocenters. The molecule has 19 heavy (non-hydrogen) atoms. The zero-order chi connectivity index (χ0) is 13.7. The van der Waals surface area contributed by atoms with Gasteiger partial charge >= 0.3 is 0 Å². The fourth-order valence-corrected chi connectivity index (χ4v) is 3.91. The minimum atomic E-state index is -0.0677. The highest BCUT2D eigenvalue weighted by Crippen LogP contribution is 2.29. The van der Waals surface area contributed by atoms with Crippen molar-refractivity contribution in [2.75, 3.05) is 5.75 Å². The summed E-state index contributed by atoms with van der Waals surface area (Å²) in [6.07, 6.45) is 0.843. The van der Waals surface area contributed by atoms with E-state index in [1.54, 1.807) is 23.1 Å². The normalized spacial score (nSPS) is 12.7. The lowest BCUT2D eigenvalue weighted by molar-refractivity contribution is 0.522. The third kappa shape index (κ3) is 4.20. The number of thioether (sulfide) groups is 1. The Kier molecular flexibility index (Phi) is 5.20. The summed E-state index contributed by atoms with van der Waals surface area (Å²) in [4.78, 5) is 4.57. The Morgan fingerprint density at radius 3 is 2.89 bits per heavy atom. The van der Waals surface area contributed by atoms with Crippen LogP contribution in [0.1, 0.15) is 20.3 Å². The lowest BCUT2D eigenvalue weighted by atomic mass is 10.2. The first kappa shape index (κ1) is 14.3. The Balaban J connectivity index is 1.87. The molecule has 2 rings (SSSR count). The number of nitrogens with one attached hydrogen (secondary N) is 1. The zero-order valence-electron chi connectivity index (χ0n) is 11.1. The van der Waals surface area contributed by atoms with Gasteiger partial charge in [0.15, 0.2) is 4.34 Å². The van der Waals surface area contributed by atoms with Gasteiger partial charge in [-0.2, -0.15) is 5.26 Å². The number of nitriles is 1. The molecule has 2 aromatic rings. The van der Waals surface area contributed by atoms with Crippen molar-refractivity contribution < 1.29 is 0 Å². The Morgan fingerprint density at radius 2 is 2.21 bits per heavy atom. The Morgan fingerprint density at radius 1 is 1.42 bits per heavy atom. The third-order valence-corrected chi connectivity index (χ3v) is 4.81. The van der Waals surface area contributed by atoms with Crippen LogP contribution in [-0.4, -0.2) is 22.8 Å². The lowest BCUT2D eigenvalue weighted by Gasteiger charge is -2.13. The SMILES string of the molecule is CC(C)NC(C#N)CCSc1nc2ccccc2s1. The van der Waals surface area contributed by atoms with Crippen LogP contribution >= 0.6 is 23.1 Å². The van der Waals surface area contributed by atoms with E-state index in [2.05, 4.69) is 36.3 Å². The molecular weight excluding hydrogens is 274 g/mol. The summed E-state index contributed by atoms with van der Waals surface area (Å²) in [6, 6.07) is 10.8. The van der Waals surface area contributed by atoms with Crippen molar-refractivity contribution in [3.8, 4) is 6.07 Å². The predicted octanol–water partition coefficient (Wildman–Crippen LogP) is 3.67. The average molecular weight is 291 g/mol. The molecule has 0 fully saturated rings. The van der Waals surface area contributed by atoms with E-state index >= 15 is 0 Å². The van der Waals surface area contributed by atoms with Gasteiger partial charge in [0.25, 0.3) is 0 Å². The monoisotopic (exact) mass is 291 g/mol. The van der Waals surface area contributed by atoms with E-state index in [4.69, 9.17) is 5.26 Å². The number of rotatable bonds is 6.